The average molecular weight is 355 g/mol. The van der Waals surface area contributed by atoms with Gasteiger partial charge in [-0.25, -0.2) is 0 Å². The summed E-state index contributed by atoms with van der Waals surface area (Å²) in [5, 5.41) is 3.08. The molecule has 0 spiro atoms. The lowest BCUT2D eigenvalue weighted by Gasteiger charge is -2.17. The van der Waals surface area contributed by atoms with Crippen LogP contribution in [0.4, 0.5) is 0 Å². The van der Waals surface area contributed by atoms with Crippen LogP contribution in [-0.4, -0.2) is 18.6 Å². The fourth-order valence-corrected chi connectivity index (χ4v) is 3.23. The van der Waals surface area contributed by atoms with Gasteiger partial charge < -0.3 is 15.8 Å². The standard InChI is InChI=1S/C16H23BrN2O2/c17-14-9-5-6-12(10-18)16(14)21-11-15(20)19-13-7-3-1-2-4-8-13/h5-6,9,13H,1-4,7-8,10-11,18H2,(H,19,20). The first-order chi connectivity index (χ1) is 10.2. The molecule has 0 atom stereocenters. The van der Waals surface area contributed by atoms with Gasteiger partial charge in [-0.2, -0.15) is 0 Å². The topological polar surface area (TPSA) is 64.3 Å². The minimum atomic E-state index is -0.0550. The third kappa shape index (κ3) is 5.00. The van der Waals surface area contributed by atoms with E-state index in [1.54, 1.807) is 0 Å². The Hall–Kier alpha value is -1.07. The molecule has 1 saturated carbocycles. The first kappa shape index (κ1) is 16.3. The Labute approximate surface area is 134 Å². The number of rotatable bonds is 5. The molecule has 0 aliphatic heterocycles. The summed E-state index contributed by atoms with van der Waals surface area (Å²) in [5.74, 6) is 0.608. The van der Waals surface area contributed by atoms with E-state index in [0.717, 1.165) is 22.9 Å². The summed E-state index contributed by atoms with van der Waals surface area (Å²) in [7, 11) is 0. The van der Waals surface area contributed by atoms with Crippen molar-refractivity contribution in [2.24, 2.45) is 5.73 Å². The molecule has 1 amide bonds. The molecule has 1 aromatic carbocycles. The largest absolute Gasteiger partial charge is 0.482 e. The number of ether oxygens (including phenoxy) is 1. The van der Waals surface area contributed by atoms with Crippen LogP contribution in [0.15, 0.2) is 22.7 Å². The van der Waals surface area contributed by atoms with Crippen molar-refractivity contribution in [1.82, 2.24) is 5.32 Å². The zero-order chi connectivity index (χ0) is 15.1. The molecule has 4 nitrogen and oxygen atoms in total. The van der Waals surface area contributed by atoms with Gasteiger partial charge >= 0.3 is 0 Å². The quantitative estimate of drug-likeness (QED) is 0.798. The molecule has 5 heteroatoms. The summed E-state index contributed by atoms with van der Waals surface area (Å²) in [6.45, 7) is 0.422. The van der Waals surface area contributed by atoms with E-state index >= 15 is 0 Å². The van der Waals surface area contributed by atoms with Gasteiger partial charge in [-0.3, -0.25) is 4.79 Å². The van der Waals surface area contributed by atoms with E-state index < -0.39 is 0 Å². The molecule has 0 radical (unpaired) electrons. The van der Waals surface area contributed by atoms with Crippen LogP contribution in [0.25, 0.3) is 0 Å². The maximum Gasteiger partial charge on any atom is 0.258 e. The summed E-state index contributed by atoms with van der Waals surface area (Å²) in [6, 6.07) is 6.00. The second-order valence-corrected chi connectivity index (χ2v) is 6.33. The highest BCUT2D eigenvalue weighted by Crippen LogP contribution is 2.28. The van der Waals surface area contributed by atoms with Crippen LogP contribution in [0, 0.1) is 0 Å². The third-order valence-electron chi connectivity index (χ3n) is 3.84. The third-order valence-corrected chi connectivity index (χ3v) is 4.46. The van der Waals surface area contributed by atoms with Crippen molar-refractivity contribution in [3.63, 3.8) is 0 Å². The van der Waals surface area contributed by atoms with E-state index in [4.69, 9.17) is 10.5 Å². The number of carbonyl (C=O) groups is 1. The van der Waals surface area contributed by atoms with E-state index in [9.17, 15) is 4.79 Å². The molecule has 0 heterocycles. The predicted octanol–water partition coefficient (Wildman–Crippen LogP) is 3.13. The number of carbonyl (C=O) groups excluding carboxylic acids is 1. The number of para-hydroxylation sites is 1. The molecule has 0 aromatic heterocycles. The van der Waals surface area contributed by atoms with Crippen molar-refractivity contribution in [1.29, 1.82) is 0 Å². The van der Waals surface area contributed by atoms with Crippen LogP contribution in [-0.2, 0) is 11.3 Å². The van der Waals surface area contributed by atoms with Crippen LogP contribution in [0.3, 0.4) is 0 Å². The SMILES string of the molecule is NCc1cccc(Br)c1OCC(=O)NC1CCCCCC1. The fraction of sp³-hybridized carbons (Fsp3) is 0.562. The smallest absolute Gasteiger partial charge is 0.258 e. The van der Waals surface area contributed by atoms with Crippen molar-refractivity contribution in [2.45, 2.75) is 51.1 Å². The van der Waals surface area contributed by atoms with E-state index in [0.29, 0.717) is 18.3 Å². The van der Waals surface area contributed by atoms with E-state index in [1.807, 2.05) is 18.2 Å². The molecule has 2 rings (SSSR count). The highest BCUT2D eigenvalue weighted by atomic mass is 79.9. The predicted molar refractivity (Wildman–Crippen MR) is 87.2 cm³/mol. The van der Waals surface area contributed by atoms with Crippen molar-refractivity contribution in [3.8, 4) is 5.75 Å². The second-order valence-electron chi connectivity index (χ2n) is 5.48. The zero-order valence-electron chi connectivity index (χ0n) is 12.2. The van der Waals surface area contributed by atoms with Crippen molar-refractivity contribution >= 4 is 21.8 Å². The molecular weight excluding hydrogens is 332 g/mol. The van der Waals surface area contributed by atoms with Gasteiger partial charge in [-0.15, -0.1) is 0 Å². The number of hydrogen-bond donors (Lipinski definition) is 2. The van der Waals surface area contributed by atoms with Crippen molar-refractivity contribution < 1.29 is 9.53 Å². The monoisotopic (exact) mass is 354 g/mol. The van der Waals surface area contributed by atoms with Crippen LogP contribution in [0.2, 0.25) is 0 Å². The number of halogens is 1. The van der Waals surface area contributed by atoms with Crippen LogP contribution < -0.4 is 15.8 Å². The zero-order valence-corrected chi connectivity index (χ0v) is 13.8. The molecule has 21 heavy (non-hydrogen) atoms. The minimum absolute atomic E-state index is 0.0338. The van der Waals surface area contributed by atoms with E-state index in [2.05, 4.69) is 21.2 Å². The summed E-state index contributed by atoms with van der Waals surface area (Å²) in [4.78, 5) is 12.0. The number of benzene rings is 1. The highest BCUT2D eigenvalue weighted by molar-refractivity contribution is 9.10. The van der Waals surface area contributed by atoms with Gasteiger partial charge in [0, 0.05) is 18.2 Å². The second kappa shape index (κ2) is 8.39. The van der Waals surface area contributed by atoms with Crippen molar-refractivity contribution in [2.75, 3.05) is 6.61 Å². The molecule has 1 aromatic rings. The average Bonchev–Trinajstić information content (AvgIpc) is 2.74. The Morgan fingerprint density at radius 2 is 2.00 bits per heavy atom. The number of nitrogens with two attached hydrogens (primary N) is 1. The summed E-state index contributed by atoms with van der Waals surface area (Å²) in [5.41, 5.74) is 6.59. The van der Waals surface area contributed by atoms with Gasteiger partial charge in [-0.05, 0) is 34.8 Å². The lowest BCUT2D eigenvalue weighted by Crippen LogP contribution is -2.37. The fourth-order valence-electron chi connectivity index (χ4n) is 2.71. The molecule has 0 saturated heterocycles. The first-order valence-corrected chi connectivity index (χ1v) is 8.39. The first-order valence-electron chi connectivity index (χ1n) is 7.60. The van der Waals surface area contributed by atoms with Crippen LogP contribution in [0.1, 0.15) is 44.1 Å². The maximum atomic E-state index is 12.0. The molecule has 116 valence electrons. The Balaban J connectivity index is 1.86. The minimum Gasteiger partial charge on any atom is -0.482 e. The summed E-state index contributed by atoms with van der Waals surface area (Å²) < 4.78 is 6.48. The Morgan fingerprint density at radius 3 is 2.67 bits per heavy atom. The molecule has 0 bridgehead atoms. The Kier molecular flexibility index (Phi) is 6.51. The Bertz CT molecular complexity index is 471. The van der Waals surface area contributed by atoms with Gasteiger partial charge in [0.25, 0.3) is 5.91 Å². The lowest BCUT2D eigenvalue weighted by atomic mass is 10.1. The van der Waals surface area contributed by atoms with Gasteiger partial charge in [0.05, 0.1) is 4.47 Å². The highest BCUT2D eigenvalue weighted by Gasteiger charge is 2.16. The van der Waals surface area contributed by atoms with Crippen LogP contribution in [0.5, 0.6) is 5.75 Å². The van der Waals surface area contributed by atoms with Crippen molar-refractivity contribution in [3.05, 3.63) is 28.2 Å². The van der Waals surface area contributed by atoms with E-state index in [1.165, 1.54) is 25.7 Å². The molecule has 1 fully saturated rings. The molecule has 3 N–H and O–H groups in total. The molecule has 0 unspecified atom stereocenters. The van der Waals surface area contributed by atoms with Crippen LogP contribution >= 0.6 is 15.9 Å². The van der Waals surface area contributed by atoms with Gasteiger partial charge in [0.1, 0.15) is 5.75 Å². The summed E-state index contributed by atoms with van der Waals surface area (Å²) in [6.07, 6.45) is 7.11. The molecule has 1 aliphatic rings. The summed E-state index contributed by atoms with van der Waals surface area (Å²) >= 11 is 3.43. The molecular formula is C16H23BrN2O2. The number of nitrogens with one attached hydrogen (secondary N) is 1. The van der Waals surface area contributed by atoms with Gasteiger partial charge in [-0.1, -0.05) is 37.8 Å². The van der Waals surface area contributed by atoms with E-state index in [-0.39, 0.29) is 12.5 Å². The number of amides is 1. The lowest BCUT2D eigenvalue weighted by molar-refractivity contribution is -0.123. The van der Waals surface area contributed by atoms with Gasteiger partial charge in [0.2, 0.25) is 0 Å². The molecule has 1 aliphatic carbocycles. The maximum absolute atomic E-state index is 12.0. The Morgan fingerprint density at radius 1 is 1.29 bits per heavy atom. The number of hydrogen-bond acceptors (Lipinski definition) is 3. The van der Waals surface area contributed by atoms with Gasteiger partial charge in [0.15, 0.2) is 6.61 Å². The normalized spacial score (nSPS) is 16.3.